The van der Waals surface area contributed by atoms with Gasteiger partial charge in [0, 0.05) is 30.2 Å². The van der Waals surface area contributed by atoms with Crippen molar-refractivity contribution in [2.75, 3.05) is 13.1 Å². The summed E-state index contributed by atoms with van der Waals surface area (Å²) < 4.78 is 7.47. The molecular weight excluding hydrogens is 358 g/mol. The van der Waals surface area contributed by atoms with Crippen molar-refractivity contribution in [3.63, 3.8) is 0 Å². The van der Waals surface area contributed by atoms with Gasteiger partial charge in [-0.05, 0) is 38.8 Å². The van der Waals surface area contributed by atoms with Gasteiger partial charge in [-0.2, -0.15) is 10.2 Å². The number of piperidine rings is 1. The highest BCUT2D eigenvalue weighted by Crippen LogP contribution is 2.19. The van der Waals surface area contributed by atoms with Crippen LogP contribution in [0.4, 0.5) is 0 Å². The molecule has 0 bridgehead atoms. The Hall–Kier alpha value is -3.54. The lowest BCUT2D eigenvalue weighted by Crippen LogP contribution is -2.44. The Kier molecular flexibility index (Phi) is 4.61. The molecule has 1 fully saturated rings. The lowest BCUT2D eigenvalue weighted by molar-refractivity contribution is 0.0517. The van der Waals surface area contributed by atoms with E-state index in [9.17, 15) is 4.79 Å². The van der Waals surface area contributed by atoms with Crippen molar-refractivity contribution in [2.24, 2.45) is 0 Å². The van der Waals surface area contributed by atoms with E-state index in [1.165, 1.54) is 6.20 Å². The highest BCUT2D eigenvalue weighted by Gasteiger charge is 2.28. The minimum atomic E-state index is -0.241. The first kappa shape index (κ1) is 17.9. The van der Waals surface area contributed by atoms with Crippen LogP contribution in [-0.2, 0) is 0 Å². The highest BCUT2D eigenvalue weighted by atomic mass is 16.5. The van der Waals surface area contributed by atoms with E-state index in [-0.39, 0.29) is 17.8 Å². The summed E-state index contributed by atoms with van der Waals surface area (Å²) in [5.41, 5.74) is 2.19. The van der Waals surface area contributed by atoms with Gasteiger partial charge < -0.3 is 9.64 Å². The van der Waals surface area contributed by atoms with Crippen LogP contribution in [0.1, 0.15) is 40.4 Å². The molecular formula is C19H19N7O2. The summed E-state index contributed by atoms with van der Waals surface area (Å²) in [7, 11) is 0. The van der Waals surface area contributed by atoms with E-state index in [2.05, 4.69) is 26.1 Å². The number of ether oxygens (including phenoxy) is 1. The van der Waals surface area contributed by atoms with Crippen LogP contribution < -0.4 is 4.74 Å². The number of likely N-dealkylation sites (tertiary alicyclic amines) is 1. The summed E-state index contributed by atoms with van der Waals surface area (Å²) in [6.07, 6.45) is 2.95. The summed E-state index contributed by atoms with van der Waals surface area (Å²) in [6, 6.07) is 7.18. The SMILES string of the molecule is Cc1cc(C)n2nc(C(=O)N3CCC[C@@H](Oc4cc(C#N)ccn4)C3)nc2n1. The molecule has 28 heavy (non-hydrogen) atoms. The summed E-state index contributed by atoms with van der Waals surface area (Å²) in [5.74, 6) is 0.698. The summed E-state index contributed by atoms with van der Waals surface area (Å²) in [4.78, 5) is 27.4. The van der Waals surface area contributed by atoms with Crippen LogP contribution in [0.2, 0.25) is 0 Å². The molecule has 1 aliphatic heterocycles. The number of carbonyl (C=O) groups excluding carboxylic acids is 1. The predicted octanol–water partition coefficient (Wildman–Crippen LogP) is 1.69. The van der Waals surface area contributed by atoms with Crippen LogP contribution in [0.15, 0.2) is 24.4 Å². The Bertz CT molecular complexity index is 1090. The zero-order valence-electron chi connectivity index (χ0n) is 15.7. The van der Waals surface area contributed by atoms with Crippen molar-refractivity contribution >= 4 is 11.7 Å². The summed E-state index contributed by atoms with van der Waals surface area (Å²) in [6.45, 7) is 4.81. The van der Waals surface area contributed by atoms with E-state index in [0.717, 1.165) is 24.2 Å². The highest BCUT2D eigenvalue weighted by molar-refractivity contribution is 5.91. The quantitative estimate of drug-likeness (QED) is 0.683. The molecule has 9 nitrogen and oxygen atoms in total. The van der Waals surface area contributed by atoms with Gasteiger partial charge in [-0.3, -0.25) is 4.79 Å². The van der Waals surface area contributed by atoms with Crippen LogP contribution in [0.3, 0.4) is 0 Å². The average Bonchev–Trinajstić information content (AvgIpc) is 3.12. The van der Waals surface area contributed by atoms with E-state index in [1.54, 1.807) is 21.5 Å². The molecule has 0 N–H and O–H groups in total. The summed E-state index contributed by atoms with van der Waals surface area (Å²) in [5, 5.41) is 13.3. The molecule has 9 heteroatoms. The molecule has 3 aromatic heterocycles. The lowest BCUT2D eigenvalue weighted by atomic mass is 10.1. The second kappa shape index (κ2) is 7.23. The first-order chi connectivity index (χ1) is 13.5. The van der Waals surface area contributed by atoms with Gasteiger partial charge in [0.15, 0.2) is 0 Å². The van der Waals surface area contributed by atoms with Crippen LogP contribution >= 0.6 is 0 Å². The Labute approximate surface area is 161 Å². The molecule has 0 aliphatic carbocycles. The number of fused-ring (bicyclic) bond motifs is 1. The van der Waals surface area contributed by atoms with Gasteiger partial charge in [0.1, 0.15) is 6.10 Å². The van der Waals surface area contributed by atoms with E-state index >= 15 is 0 Å². The number of hydrogen-bond acceptors (Lipinski definition) is 7. The molecule has 1 aliphatic rings. The van der Waals surface area contributed by atoms with Crippen molar-refractivity contribution < 1.29 is 9.53 Å². The van der Waals surface area contributed by atoms with Gasteiger partial charge in [0.05, 0.1) is 18.2 Å². The fraction of sp³-hybridized carbons (Fsp3) is 0.368. The number of pyridine rings is 1. The van der Waals surface area contributed by atoms with Crippen molar-refractivity contribution in [2.45, 2.75) is 32.8 Å². The Balaban J connectivity index is 1.50. The molecule has 0 spiro atoms. The number of nitriles is 1. The first-order valence-electron chi connectivity index (χ1n) is 9.06. The first-order valence-corrected chi connectivity index (χ1v) is 9.06. The Morgan fingerprint density at radius 2 is 2.18 bits per heavy atom. The molecule has 4 heterocycles. The fourth-order valence-electron chi connectivity index (χ4n) is 3.33. The third kappa shape index (κ3) is 3.49. The minimum absolute atomic E-state index is 0.131. The Morgan fingerprint density at radius 3 is 3.00 bits per heavy atom. The van der Waals surface area contributed by atoms with E-state index in [4.69, 9.17) is 10.00 Å². The molecule has 1 atom stereocenters. The molecule has 0 radical (unpaired) electrons. The number of amides is 1. The molecule has 0 saturated carbocycles. The predicted molar refractivity (Wildman–Crippen MR) is 98.8 cm³/mol. The molecule has 1 saturated heterocycles. The van der Waals surface area contributed by atoms with Gasteiger partial charge in [-0.25, -0.2) is 14.5 Å². The van der Waals surface area contributed by atoms with E-state index < -0.39 is 0 Å². The largest absolute Gasteiger partial charge is 0.472 e. The second-order valence-electron chi connectivity index (χ2n) is 6.81. The van der Waals surface area contributed by atoms with Crippen LogP contribution in [-0.4, -0.2) is 54.6 Å². The maximum Gasteiger partial charge on any atom is 0.293 e. The second-order valence-corrected chi connectivity index (χ2v) is 6.81. The van der Waals surface area contributed by atoms with Crippen LogP contribution in [0, 0.1) is 25.2 Å². The molecule has 4 rings (SSSR count). The van der Waals surface area contributed by atoms with Crippen molar-refractivity contribution in [1.29, 1.82) is 5.26 Å². The van der Waals surface area contributed by atoms with E-state index in [1.807, 2.05) is 19.9 Å². The average molecular weight is 377 g/mol. The maximum absolute atomic E-state index is 12.9. The zero-order chi connectivity index (χ0) is 19.7. The van der Waals surface area contributed by atoms with Gasteiger partial charge >= 0.3 is 0 Å². The van der Waals surface area contributed by atoms with Crippen molar-refractivity contribution in [1.82, 2.24) is 29.5 Å². The number of aryl methyl sites for hydroxylation is 2. The monoisotopic (exact) mass is 377 g/mol. The zero-order valence-corrected chi connectivity index (χ0v) is 15.7. The van der Waals surface area contributed by atoms with Gasteiger partial charge in [-0.15, -0.1) is 5.10 Å². The molecule has 0 unspecified atom stereocenters. The van der Waals surface area contributed by atoms with Crippen molar-refractivity contribution in [3.05, 3.63) is 47.2 Å². The number of carbonyl (C=O) groups is 1. The van der Waals surface area contributed by atoms with Gasteiger partial charge in [0.2, 0.25) is 11.7 Å². The van der Waals surface area contributed by atoms with E-state index in [0.29, 0.717) is 30.3 Å². The minimum Gasteiger partial charge on any atom is -0.472 e. The van der Waals surface area contributed by atoms with Crippen LogP contribution in [0.25, 0.3) is 5.78 Å². The number of hydrogen-bond donors (Lipinski definition) is 0. The number of nitrogens with zero attached hydrogens (tertiary/aromatic N) is 7. The number of rotatable bonds is 3. The topological polar surface area (TPSA) is 109 Å². The van der Waals surface area contributed by atoms with Gasteiger partial charge in [0.25, 0.3) is 11.7 Å². The fourth-order valence-corrected chi connectivity index (χ4v) is 3.33. The number of aromatic nitrogens is 5. The Morgan fingerprint density at radius 1 is 1.32 bits per heavy atom. The lowest BCUT2D eigenvalue weighted by Gasteiger charge is -2.31. The van der Waals surface area contributed by atoms with Gasteiger partial charge in [-0.1, -0.05) is 0 Å². The normalized spacial score (nSPS) is 16.8. The molecule has 0 aromatic carbocycles. The van der Waals surface area contributed by atoms with Crippen LogP contribution in [0.5, 0.6) is 5.88 Å². The third-order valence-corrected chi connectivity index (χ3v) is 4.63. The maximum atomic E-state index is 12.9. The molecule has 1 amide bonds. The third-order valence-electron chi connectivity index (χ3n) is 4.63. The smallest absolute Gasteiger partial charge is 0.293 e. The standard InChI is InChI=1S/C19H19N7O2/c1-12-8-13(2)26-19(22-12)23-17(24-26)18(27)25-7-3-4-15(11-25)28-16-9-14(10-20)5-6-21-16/h5-6,8-9,15H,3-4,7,11H2,1-2H3/t15-/m1/s1. The van der Waals surface area contributed by atoms with Crippen molar-refractivity contribution in [3.8, 4) is 11.9 Å². The molecule has 3 aromatic rings. The molecule has 142 valence electrons. The summed E-state index contributed by atoms with van der Waals surface area (Å²) >= 11 is 0.